The van der Waals surface area contributed by atoms with Gasteiger partial charge in [0, 0.05) is 24.1 Å². The molecule has 0 atom stereocenters. The summed E-state index contributed by atoms with van der Waals surface area (Å²) in [6, 6.07) is 5.41. The predicted molar refractivity (Wildman–Crippen MR) is 79.9 cm³/mol. The van der Waals surface area contributed by atoms with Gasteiger partial charge in [0.25, 0.3) is 0 Å². The van der Waals surface area contributed by atoms with Gasteiger partial charge in [0.15, 0.2) is 5.84 Å². The summed E-state index contributed by atoms with van der Waals surface area (Å²) in [5.74, 6) is 3.48. The monoisotopic (exact) mass is 275 g/mol. The highest BCUT2D eigenvalue weighted by atomic mass is 16.5. The molecule has 0 heterocycles. The van der Waals surface area contributed by atoms with Gasteiger partial charge in [0.2, 0.25) is 0 Å². The van der Waals surface area contributed by atoms with Gasteiger partial charge in [-0.15, -0.1) is 12.3 Å². The van der Waals surface area contributed by atoms with Crippen molar-refractivity contribution in [3.63, 3.8) is 0 Å². The molecular weight excluding hydrogens is 254 g/mol. The van der Waals surface area contributed by atoms with E-state index >= 15 is 0 Å². The molecule has 0 unspecified atom stereocenters. The number of hydrogen-bond donors (Lipinski definition) is 3. The van der Waals surface area contributed by atoms with E-state index in [-0.39, 0.29) is 5.84 Å². The number of nitrogens with two attached hydrogens (primary N) is 1. The summed E-state index contributed by atoms with van der Waals surface area (Å²) >= 11 is 0. The number of benzene rings is 1. The second-order valence-corrected chi connectivity index (χ2v) is 4.35. The van der Waals surface area contributed by atoms with Crippen LogP contribution in [0, 0.1) is 12.3 Å². The normalized spacial score (nSPS) is 11.1. The SMILES string of the molecule is C#CCCCCNCc1cc(/C(N)=N/O)ccc1OC. The summed E-state index contributed by atoms with van der Waals surface area (Å²) in [6.07, 6.45) is 8.06. The van der Waals surface area contributed by atoms with Crippen LogP contribution in [0.1, 0.15) is 30.4 Å². The van der Waals surface area contributed by atoms with Gasteiger partial charge in [-0.25, -0.2) is 0 Å². The van der Waals surface area contributed by atoms with Crippen LogP contribution >= 0.6 is 0 Å². The Morgan fingerprint density at radius 1 is 1.50 bits per heavy atom. The summed E-state index contributed by atoms with van der Waals surface area (Å²) in [6.45, 7) is 1.55. The van der Waals surface area contributed by atoms with E-state index in [0.717, 1.165) is 37.1 Å². The van der Waals surface area contributed by atoms with Crippen molar-refractivity contribution in [1.82, 2.24) is 5.32 Å². The van der Waals surface area contributed by atoms with Gasteiger partial charge in [0.1, 0.15) is 5.75 Å². The maximum absolute atomic E-state index is 8.70. The Kier molecular flexibility index (Phi) is 7.01. The molecule has 1 aromatic rings. The second kappa shape index (κ2) is 8.83. The van der Waals surface area contributed by atoms with Crippen molar-refractivity contribution < 1.29 is 9.94 Å². The highest BCUT2D eigenvalue weighted by Crippen LogP contribution is 2.19. The first-order chi connectivity index (χ1) is 9.72. The summed E-state index contributed by atoms with van der Waals surface area (Å²) in [7, 11) is 1.62. The number of ether oxygens (including phenoxy) is 1. The molecule has 0 spiro atoms. The zero-order valence-corrected chi connectivity index (χ0v) is 11.7. The second-order valence-electron chi connectivity index (χ2n) is 4.35. The third-order valence-corrected chi connectivity index (χ3v) is 2.92. The molecule has 1 aromatic carbocycles. The van der Waals surface area contributed by atoms with Gasteiger partial charge in [-0.1, -0.05) is 5.16 Å². The molecule has 0 saturated heterocycles. The number of unbranched alkanes of at least 4 members (excludes halogenated alkanes) is 2. The molecule has 0 aliphatic carbocycles. The smallest absolute Gasteiger partial charge is 0.170 e. The number of methoxy groups -OCH3 is 1. The first-order valence-corrected chi connectivity index (χ1v) is 6.52. The largest absolute Gasteiger partial charge is 0.496 e. The van der Waals surface area contributed by atoms with E-state index in [1.807, 2.05) is 12.1 Å². The Labute approximate surface area is 119 Å². The van der Waals surface area contributed by atoms with Gasteiger partial charge in [-0.2, -0.15) is 0 Å². The molecule has 0 bridgehead atoms. The van der Waals surface area contributed by atoms with Gasteiger partial charge in [-0.3, -0.25) is 0 Å². The van der Waals surface area contributed by atoms with E-state index in [1.54, 1.807) is 13.2 Å². The zero-order chi connectivity index (χ0) is 14.8. The van der Waals surface area contributed by atoms with Crippen LogP contribution in [0.25, 0.3) is 0 Å². The predicted octanol–water partition coefficient (Wildman–Crippen LogP) is 1.68. The quantitative estimate of drug-likeness (QED) is 0.168. The molecule has 108 valence electrons. The number of terminal acetylenes is 1. The maximum Gasteiger partial charge on any atom is 0.170 e. The van der Waals surface area contributed by atoms with Crippen LogP contribution in [0.5, 0.6) is 5.75 Å². The van der Waals surface area contributed by atoms with Gasteiger partial charge in [0.05, 0.1) is 7.11 Å². The molecule has 20 heavy (non-hydrogen) atoms. The van der Waals surface area contributed by atoms with Crippen LogP contribution in [-0.4, -0.2) is 24.7 Å². The lowest BCUT2D eigenvalue weighted by atomic mass is 10.1. The summed E-state index contributed by atoms with van der Waals surface area (Å²) < 4.78 is 5.30. The Morgan fingerprint density at radius 2 is 2.30 bits per heavy atom. The Bertz CT molecular complexity index is 492. The lowest BCUT2D eigenvalue weighted by molar-refractivity contribution is 0.318. The minimum Gasteiger partial charge on any atom is -0.496 e. The average Bonchev–Trinajstić information content (AvgIpc) is 2.49. The van der Waals surface area contributed by atoms with E-state index in [0.29, 0.717) is 12.1 Å². The molecular formula is C15H21N3O2. The highest BCUT2D eigenvalue weighted by Gasteiger charge is 2.06. The Balaban J connectivity index is 2.60. The number of amidine groups is 1. The van der Waals surface area contributed by atoms with Gasteiger partial charge >= 0.3 is 0 Å². The standard InChI is InChI=1S/C15H21N3O2/c1-3-4-5-6-9-17-11-13-10-12(15(16)18-19)7-8-14(13)20-2/h1,7-8,10,17,19H,4-6,9,11H2,2H3,(H2,16,18). The van der Waals surface area contributed by atoms with Crippen molar-refractivity contribution >= 4 is 5.84 Å². The number of hydrogen-bond acceptors (Lipinski definition) is 4. The van der Waals surface area contributed by atoms with E-state index in [2.05, 4.69) is 16.4 Å². The van der Waals surface area contributed by atoms with Crippen molar-refractivity contribution in [1.29, 1.82) is 0 Å². The number of rotatable bonds is 8. The van der Waals surface area contributed by atoms with Crippen molar-refractivity contribution in [3.05, 3.63) is 29.3 Å². The van der Waals surface area contributed by atoms with Crippen molar-refractivity contribution in [2.75, 3.05) is 13.7 Å². The van der Waals surface area contributed by atoms with Crippen LogP contribution in [0.15, 0.2) is 23.4 Å². The van der Waals surface area contributed by atoms with Crippen molar-refractivity contribution in [3.8, 4) is 18.1 Å². The summed E-state index contributed by atoms with van der Waals surface area (Å²) in [5.41, 5.74) is 7.21. The average molecular weight is 275 g/mol. The third kappa shape index (κ3) is 4.82. The van der Waals surface area contributed by atoms with E-state index < -0.39 is 0 Å². The minimum absolute atomic E-state index is 0.0860. The van der Waals surface area contributed by atoms with Gasteiger partial charge in [-0.05, 0) is 37.6 Å². The fourth-order valence-corrected chi connectivity index (χ4v) is 1.83. The molecule has 0 amide bonds. The van der Waals surface area contributed by atoms with Crippen LogP contribution in [-0.2, 0) is 6.54 Å². The summed E-state index contributed by atoms with van der Waals surface area (Å²) in [5, 5.41) is 15.0. The molecule has 0 fully saturated rings. The number of oxime groups is 1. The molecule has 0 aliphatic rings. The van der Waals surface area contributed by atoms with Crippen LogP contribution in [0.4, 0.5) is 0 Å². The first kappa shape index (κ1) is 15.9. The number of nitrogens with zero attached hydrogens (tertiary/aromatic N) is 1. The fraction of sp³-hybridized carbons (Fsp3) is 0.400. The topological polar surface area (TPSA) is 79.9 Å². The summed E-state index contributed by atoms with van der Waals surface area (Å²) in [4.78, 5) is 0. The first-order valence-electron chi connectivity index (χ1n) is 6.52. The molecule has 1 rings (SSSR count). The van der Waals surface area contributed by atoms with Crippen molar-refractivity contribution in [2.24, 2.45) is 10.9 Å². The molecule has 5 nitrogen and oxygen atoms in total. The Hall–Kier alpha value is -2.19. The van der Waals surface area contributed by atoms with Crippen LogP contribution in [0.2, 0.25) is 0 Å². The van der Waals surface area contributed by atoms with Crippen LogP contribution < -0.4 is 15.8 Å². The Morgan fingerprint density at radius 3 is 2.95 bits per heavy atom. The molecule has 4 N–H and O–H groups in total. The molecule has 0 radical (unpaired) electrons. The molecule has 0 aliphatic heterocycles. The van der Waals surface area contributed by atoms with Crippen molar-refractivity contribution in [2.45, 2.75) is 25.8 Å². The minimum atomic E-state index is 0.0860. The third-order valence-electron chi connectivity index (χ3n) is 2.92. The van der Waals surface area contributed by atoms with E-state index in [4.69, 9.17) is 22.1 Å². The lowest BCUT2D eigenvalue weighted by Gasteiger charge is -2.11. The van der Waals surface area contributed by atoms with E-state index in [9.17, 15) is 0 Å². The van der Waals surface area contributed by atoms with Gasteiger partial charge < -0.3 is 21.0 Å². The van der Waals surface area contributed by atoms with Crippen LogP contribution in [0.3, 0.4) is 0 Å². The lowest BCUT2D eigenvalue weighted by Crippen LogP contribution is -2.17. The fourth-order valence-electron chi connectivity index (χ4n) is 1.83. The zero-order valence-electron chi connectivity index (χ0n) is 11.7. The number of nitrogens with one attached hydrogen (secondary N) is 1. The molecule has 5 heteroatoms. The molecule has 0 saturated carbocycles. The highest BCUT2D eigenvalue weighted by molar-refractivity contribution is 5.97. The van der Waals surface area contributed by atoms with E-state index in [1.165, 1.54) is 0 Å². The maximum atomic E-state index is 8.70. The molecule has 0 aromatic heterocycles.